The summed E-state index contributed by atoms with van der Waals surface area (Å²) in [6, 6.07) is 14.7. The lowest BCUT2D eigenvalue weighted by Crippen LogP contribution is -2.36. The van der Waals surface area contributed by atoms with Crippen LogP contribution in [-0.2, 0) is 6.54 Å². The van der Waals surface area contributed by atoms with Gasteiger partial charge in [0.2, 0.25) is 0 Å². The van der Waals surface area contributed by atoms with Gasteiger partial charge in [-0.25, -0.2) is 0 Å². The van der Waals surface area contributed by atoms with Crippen LogP contribution in [0.4, 0.5) is 0 Å². The molecule has 1 N–H and O–H groups in total. The van der Waals surface area contributed by atoms with Gasteiger partial charge >= 0.3 is 0 Å². The lowest BCUT2D eigenvalue weighted by Gasteiger charge is -2.27. The summed E-state index contributed by atoms with van der Waals surface area (Å²) in [5.41, 5.74) is 1.30. The number of carbonyl (C=O) groups excluding carboxylic acids is 1. The maximum atomic E-state index is 12.8. The van der Waals surface area contributed by atoms with E-state index in [-0.39, 0.29) is 23.3 Å². The van der Waals surface area contributed by atoms with Crippen LogP contribution in [0.25, 0.3) is 0 Å². The van der Waals surface area contributed by atoms with Crippen molar-refractivity contribution in [1.29, 1.82) is 0 Å². The van der Waals surface area contributed by atoms with Crippen molar-refractivity contribution in [2.24, 2.45) is 0 Å². The Hall–Kier alpha value is -2.49. The summed E-state index contributed by atoms with van der Waals surface area (Å²) in [4.78, 5) is 14.5. The van der Waals surface area contributed by atoms with E-state index in [1.165, 1.54) is 7.11 Å². The number of rotatable bonds is 5. The van der Waals surface area contributed by atoms with E-state index in [9.17, 15) is 9.90 Å². The summed E-state index contributed by atoms with van der Waals surface area (Å²) in [5.74, 6) is -0.0294. The molecule has 2 aromatic rings. The zero-order valence-corrected chi connectivity index (χ0v) is 13.1. The Kier molecular flexibility index (Phi) is 5.04. The van der Waals surface area contributed by atoms with Gasteiger partial charge in [-0.1, -0.05) is 36.4 Å². The molecule has 0 aromatic heterocycles. The van der Waals surface area contributed by atoms with Crippen molar-refractivity contribution < 1.29 is 14.6 Å². The predicted octanol–water partition coefficient (Wildman–Crippen LogP) is 3.45. The second-order valence-corrected chi connectivity index (χ2v) is 5.37. The first-order chi connectivity index (χ1) is 10.5. The highest BCUT2D eigenvalue weighted by molar-refractivity contribution is 5.97. The average molecular weight is 299 g/mol. The topological polar surface area (TPSA) is 49.8 Å². The molecular formula is C18H21NO3. The SMILES string of the molecule is COc1cccc(C(=O)N(Cc2ccccc2)C(C)C)c1O. The van der Waals surface area contributed by atoms with Gasteiger partial charge in [-0.3, -0.25) is 4.79 Å². The van der Waals surface area contributed by atoms with E-state index < -0.39 is 0 Å². The number of methoxy groups -OCH3 is 1. The monoisotopic (exact) mass is 299 g/mol. The third-order valence-corrected chi connectivity index (χ3v) is 3.53. The van der Waals surface area contributed by atoms with Gasteiger partial charge < -0.3 is 14.7 Å². The summed E-state index contributed by atoms with van der Waals surface area (Å²) < 4.78 is 5.07. The van der Waals surface area contributed by atoms with E-state index >= 15 is 0 Å². The van der Waals surface area contributed by atoms with Crippen molar-refractivity contribution in [2.45, 2.75) is 26.4 Å². The standard InChI is InChI=1S/C18H21NO3/c1-13(2)19(12-14-8-5-4-6-9-14)18(21)15-10-7-11-16(22-3)17(15)20/h4-11,13,20H,12H2,1-3H3. The number of amides is 1. The van der Waals surface area contributed by atoms with Gasteiger partial charge in [0.1, 0.15) is 0 Å². The molecule has 0 spiro atoms. The van der Waals surface area contributed by atoms with Crippen LogP contribution in [0, 0.1) is 0 Å². The highest BCUT2D eigenvalue weighted by Crippen LogP contribution is 2.30. The van der Waals surface area contributed by atoms with Crippen LogP contribution in [0.2, 0.25) is 0 Å². The lowest BCUT2D eigenvalue weighted by molar-refractivity contribution is 0.0686. The number of benzene rings is 2. The number of hydrogen-bond donors (Lipinski definition) is 1. The zero-order chi connectivity index (χ0) is 16.1. The Morgan fingerprint density at radius 1 is 1.14 bits per heavy atom. The van der Waals surface area contributed by atoms with E-state index in [1.807, 2.05) is 44.2 Å². The van der Waals surface area contributed by atoms with E-state index in [0.717, 1.165) is 5.56 Å². The Morgan fingerprint density at radius 2 is 1.82 bits per heavy atom. The van der Waals surface area contributed by atoms with Crippen molar-refractivity contribution in [3.8, 4) is 11.5 Å². The number of ether oxygens (including phenoxy) is 1. The fourth-order valence-electron chi connectivity index (χ4n) is 2.28. The highest BCUT2D eigenvalue weighted by atomic mass is 16.5. The molecule has 0 saturated heterocycles. The van der Waals surface area contributed by atoms with Crippen LogP contribution in [0.5, 0.6) is 11.5 Å². The van der Waals surface area contributed by atoms with Gasteiger partial charge in [0, 0.05) is 12.6 Å². The summed E-state index contributed by atoms with van der Waals surface area (Å²) in [6.07, 6.45) is 0. The molecular weight excluding hydrogens is 278 g/mol. The van der Waals surface area contributed by atoms with E-state index in [1.54, 1.807) is 23.1 Å². The van der Waals surface area contributed by atoms with Crippen LogP contribution >= 0.6 is 0 Å². The van der Waals surface area contributed by atoms with Crippen LogP contribution in [0.1, 0.15) is 29.8 Å². The van der Waals surface area contributed by atoms with Gasteiger partial charge in [-0.2, -0.15) is 0 Å². The Morgan fingerprint density at radius 3 is 2.41 bits per heavy atom. The molecule has 0 heterocycles. The Balaban J connectivity index is 2.31. The molecule has 0 unspecified atom stereocenters. The van der Waals surface area contributed by atoms with Crippen LogP contribution in [-0.4, -0.2) is 29.1 Å². The first-order valence-electron chi connectivity index (χ1n) is 7.25. The lowest BCUT2D eigenvalue weighted by atomic mass is 10.1. The van der Waals surface area contributed by atoms with Crippen molar-refractivity contribution >= 4 is 5.91 Å². The predicted molar refractivity (Wildman–Crippen MR) is 86.1 cm³/mol. The minimum atomic E-state index is -0.213. The fraction of sp³-hybridized carbons (Fsp3) is 0.278. The quantitative estimate of drug-likeness (QED) is 0.920. The minimum Gasteiger partial charge on any atom is -0.504 e. The summed E-state index contributed by atoms with van der Waals surface area (Å²) in [7, 11) is 1.47. The average Bonchev–Trinajstić information content (AvgIpc) is 2.53. The summed E-state index contributed by atoms with van der Waals surface area (Å²) >= 11 is 0. The molecule has 4 heteroatoms. The number of para-hydroxylation sites is 1. The molecule has 0 aliphatic rings. The number of hydrogen-bond acceptors (Lipinski definition) is 3. The fourth-order valence-corrected chi connectivity index (χ4v) is 2.28. The van der Waals surface area contributed by atoms with Crippen molar-refractivity contribution in [3.63, 3.8) is 0 Å². The summed E-state index contributed by atoms with van der Waals surface area (Å²) in [5, 5.41) is 10.2. The minimum absolute atomic E-state index is 0.0123. The van der Waals surface area contributed by atoms with E-state index in [4.69, 9.17) is 4.74 Å². The number of phenolic OH excluding ortho intramolecular Hbond substituents is 1. The van der Waals surface area contributed by atoms with Crippen LogP contribution in [0.3, 0.4) is 0 Å². The second kappa shape index (κ2) is 6.98. The maximum Gasteiger partial charge on any atom is 0.258 e. The smallest absolute Gasteiger partial charge is 0.258 e. The third-order valence-electron chi connectivity index (χ3n) is 3.53. The van der Waals surface area contributed by atoms with Crippen molar-refractivity contribution in [2.75, 3.05) is 7.11 Å². The number of phenols is 1. The third kappa shape index (κ3) is 3.39. The number of aromatic hydroxyl groups is 1. The first-order valence-corrected chi connectivity index (χ1v) is 7.25. The number of carbonyl (C=O) groups is 1. The normalized spacial score (nSPS) is 10.5. The Labute approximate surface area is 131 Å². The molecule has 0 saturated carbocycles. The van der Waals surface area contributed by atoms with E-state index in [0.29, 0.717) is 12.3 Å². The number of nitrogens with zero attached hydrogens (tertiary/aromatic N) is 1. The highest BCUT2D eigenvalue weighted by Gasteiger charge is 2.23. The van der Waals surface area contributed by atoms with Crippen LogP contribution in [0.15, 0.2) is 48.5 Å². The largest absolute Gasteiger partial charge is 0.504 e. The molecule has 4 nitrogen and oxygen atoms in total. The molecule has 0 fully saturated rings. The molecule has 116 valence electrons. The first kappa shape index (κ1) is 15.9. The molecule has 22 heavy (non-hydrogen) atoms. The molecule has 0 aliphatic carbocycles. The molecule has 2 aromatic carbocycles. The van der Waals surface area contributed by atoms with Crippen molar-refractivity contribution in [1.82, 2.24) is 4.90 Å². The Bertz CT molecular complexity index is 638. The van der Waals surface area contributed by atoms with Gasteiger partial charge in [0.05, 0.1) is 12.7 Å². The van der Waals surface area contributed by atoms with Crippen LogP contribution < -0.4 is 4.74 Å². The summed E-state index contributed by atoms with van der Waals surface area (Å²) in [6.45, 7) is 4.41. The molecule has 1 amide bonds. The van der Waals surface area contributed by atoms with E-state index in [2.05, 4.69) is 0 Å². The second-order valence-electron chi connectivity index (χ2n) is 5.37. The van der Waals surface area contributed by atoms with Crippen molar-refractivity contribution in [3.05, 3.63) is 59.7 Å². The van der Waals surface area contributed by atoms with Gasteiger partial charge in [-0.05, 0) is 31.5 Å². The maximum absolute atomic E-state index is 12.8. The molecule has 0 aliphatic heterocycles. The molecule has 0 radical (unpaired) electrons. The van der Waals surface area contributed by atoms with Gasteiger partial charge in [0.25, 0.3) is 5.91 Å². The molecule has 0 bridgehead atoms. The van der Waals surface area contributed by atoms with Gasteiger partial charge in [0.15, 0.2) is 11.5 Å². The molecule has 2 rings (SSSR count). The molecule has 0 atom stereocenters. The zero-order valence-electron chi connectivity index (χ0n) is 13.1. The van der Waals surface area contributed by atoms with Gasteiger partial charge in [-0.15, -0.1) is 0 Å².